The SMILES string of the molecule is CC1CC(=O)CC2=CCCCC21C. The predicted octanol–water partition coefficient (Wildman–Crippen LogP) is 3.10. The number of ketones is 1. The van der Waals surface area contributed by atoms with Crippen LogP contribution in [-0.4, -0.2) is 5.78 Å². The van der Waals surface area contributed by atoms with Crippen LogP contribution in [0.5, 0.6) is 0 Å². The zero-order valence-corrected chi connectivity index (χ0v) is 8.60. The molecular formula is C12H18O. The van der Waals surface area contributed by atoms with Gasteiger partial charge in [0, 0.05) is 12.8 Å². The standard InChI is InChI=1S/C12H18O/c1-9-7-11(13)8-10-5-3-4-6-12(9,10)2/h5,9H,3-4,6-8H2,1-2H3. The molecule has 0 aliphatic heterocycles. The van der Waals surface area contributed by atoms with Gasteiger partial charge in [0.15, 0.2) is 0 Å². The first-order chi connectivity index (χ1) is 6.13. The minimum atomic E-state index is 0.353. The van der Waals surface area contributed by atoms with E-state index in [2.05, 4.69) is 19.9 Å². The van der Waals surface area contributed by atoms with Crippen LogP contribution in [-0.2, 0) is 4.79 Å². The lowest BCUT2D eigenvalue weighted by Gasteiger charge is -2.44. The molecule has 0 aromatic heterocycles. The first kappa shape index (κ1) is 8.98. The van der Waals surface area contributed by atoms with Crippen molar-refractivity contribution in [3.8, 4) is 0 Å². The average Bonchev–Trinajstić information content (AvgIpc) is 2.07. The third-order valence-corrected chi connectivity index (χ3v) is 4.03. The Balaban J connectivity index is 2.32. The van der Waals surface area contributed by atoms with Crippen LogP contribution in [0.15, 0.2) is 11.6 Å². The Hall–Kier alpha value is -0.590. The summed E-state index contributed by atoms with van der Waals surface area (Å²) in [7, 11) is 0. The summed E-state index contributed by atoms with van der Waals surface area (Å²) in [5, 5.41) is 0. The van der Waals surface area contributed by atoms with E-state index in [1.807, 2.05) is 0 Å². The molecule has 0 saturated heterocycles. The Morgan fingerprint density at radius 3 is 3.08 bits per heavy atom. The van der Waals surface area contributed by atoms with Gasteiger partial charge in [-0.15, -0.1) is 0 Å². The summed E-state index contributed by atoms with van der Waals surface area (Å²) in [6, 6.07) is 0. The van der Waals surface area contributed by atoms with Crippen molar-refractivity contribution in [2.24, 2.45) is 11.3 Å². The molecule has 0 spiro atoms. The highest BCUT2D eigenvalue weighted by Gasteiger charge is 2.40. The van der Waals surface area contributed by atoms with Crippen LogP contribution in [0.3, 0.4) is 0 Å². The molecule has 0 N–H and O–H groups in total. The molecule has 2 rings (SSSR count). The van der Waals surface area contributed by atoms with Crippen molar-refractivity contribution in [1.29, 1.82) is 0 Å². The number of hydrogen-bond donors (Lipinski definition) is 0. The summed E-state index contributed by atoms with van der Waals surface area (Å²) < 4.78 is 0. The Kier molecular flexibility index (Phi) is 2.05. The zero-order chi connectivity index (χ0) is 9.47. The molecule has 0 heterocycles. The number of carbonyl (C=O) groups is 1. The summed E-state index contributed by atoms with van der Waals surface area (Å²) in [4.78, 5) is 11.4. The summed E-state index contributed by atoms with van der Waals surface area (Å²) in [5.41, 5.74) is 1.79. The van der Waals surface area contributed by atoms with Gasteiger partial charge in [0.2, 0.25) is 0 Å². The van der Waals surface area contributed by atoms with Gasteiger partial charge in [-0.25, -0.2) is 0 Å². The van der Waals surface area contributed by atoms with E-state index in [0.29, 0.717) is 17.1 Å². The van der Waals surface area contributed by atoms with Crippen LogP contribution in [0.25, 0.3) is 0 Å². The van der Waals surface area contributed by atoms with E-state index in [0.717, 1.165) is 12.8 Å². The van der Waals surface area contributed by atoms with E-state index in [4.69, 9.17) is 0 Å². The van der Waals surface area contributed by atoms with Crippen LogP contribution in [0.2, 0.25) is 0 Å². The molecule has 0 aromatic carbocycles. The lowest BCUT2D eigenvalue weighted by molar-refractivity contribution is -0.122. The van der Waals surface area contributed by atoms with E-state index in [1.54, 1.807) is 0 Å². The quantitative estimate of drug-likeness (QED) is 0.521. The van der Waals surface area contributed by atoms with Crippen LogP contribution in [0.4, 0.5) is 0 Å². The van der Waals surface area contributed by atoms with Gasteiger partial charge in [-0.1, -0.05) is 25.5 Å². The maximum atomic E-state index is 11.4. The smallest absolute Gasteiger partial charge is 0.137 e. The fourth-order valence-electron chi connectivity index (χ4n) is 2.83. The van der Waals surface area contributed by atoms with Crippen molar-refractivity contribution in [3.63, 3.8) is 0 Å². The molecule has 2 aliphatic carbocycles. The fraction of sp³-hybridized carbons (Fsp3) is 0.750. The van der Waals surface area contributed by atoms with E-state index in [1.165, 1.54) is 24.8 Å². The Morgan fingerprint density at radius 1 is 1.54 bits per heavy atom. The van der Waals surface area contributed by atoms with Crippen molar-refractivity contribution in [3.05, 3.63) is 11.6 Å². The van der Waals surface area contributed by atoms with E-state index in [-0.39, 0.29) is 0 Å². The van der Waals surface area contributed by atoms with Crippen LogP contribution >= 0.6 is 0 Å². The molecular weight excluding hydrogens is 160 g/mol. The Labute approximate surface area is 80.2 Å². The van der Waals surface area contributed by atoms with Gasteiger partial charge in [-0.2, -0.15) is 0 Å². The molecule has 1 heteroatoms. The average molecular weight is 178 g/mol. The third-order valence-electron chi connectivity index (χ3n) is 4.03. The molecule has 2 aliphatic rings. The number of carbonyl (C=O) groups excluding carboxylic acids is 1. The predicted molar refractivity (Wildman–Crippen MR) is 53.4 cm³/mol. The second kappa shape index (κ2) is 2.97. The second-order valence-corrected chi connectivity index (χ2v) is 4.86. The Morgan fingerprint density at radius 2 is 2.31 bits per heavy atom. The van der Waals surface area contributed by atoms with Crippen molar-refractivity contribution < 1.29 is 4.79 Å². The normalized spacial score (nSPS) is 39.7. The summed E-state index contributed by atoms with van der Waals surface area (Å²) in [6.45, 7) is 4.57. The molecule has 72 valence electrons. The molecule has 1 nitrogen and oxygen atoms in total. The number of Topliss-reactive ketones (excluding diaryl/α,β-unsaturated/α-hetero) is 1. The molecule has 0 radical (unpaired) electrons. The van der Waals surface area contributed by atoms with Gasteiger partial charge in [-0.3, -0.25) is 4.79 Å². The number of fused-ring (bicyclic) bond motifs is 1. The fourth-order valence-corrected chi connectivity index (χ4v) is 2.83. The highest BCUT2D eigenvalue weighted by Crippen LogP contribution is 2.49. The van der Waals surface area contributed by atoms with Gasteiger partial charge in [-0.05, 0) is 30.6 Å². The number of rotatable bonds is 0. The molecule has 0 aromatic rings. The van der Waals surface area contributed by atoms with E-state index >= 15 is 0 Å². The lowest BCUT2D eigenvalue weighted by Crippen LogP contribution is -2.36. The van der Waals surface area contributed by atoms with Gasteiger partial charge in [0.05, 0.1) is 0 Å². The summed E-state index contributed by atoms with van der Waals surface area (Å²) >= 11 is 0. The monoisotopic (exact) mass is 178 g/mol. The molecule has 1 fully saturated rings. The summed E-state index contributed by atoms with van der Waals surface area (Å²) in [5.74, 6) is 0.999. The largest absolute Gasteiger partial charge is 0.299 e. The second-order valence-electron chi connectivity index (χ2n) is 4.86. The number of hydrogen-bond acceptors (Lipinski definition) is 1. The molecule has 1 saturated carbocycles. The van der Waals surface area contributed by atoms with Crippen molar-refractivity contribution in [2.45, 2.75) is 46.0 Å². The minimum Gasteiger partial charge on any atom is -0.299 e. The van der Waals surface area contributed by atoms with Gasteiger partial charge < -0.3 is 0 Å². The summed E-state index contributed by atoms with van der Waals surface area (Å²) in [6.07, 6.45) is 7.63. The molecule has 0 amide bonds. The topological polar surface area (TPSA) is 17.1 Å². The third kappa shape index (κ3) is 1.34. The molecule has 2 atom stereocenters. The first-order valence-corrected chi connectivity index (χ1v) is 5.34. The highest BCUT2D eigenvalue weighted by atomic mass is 16.1. The van der Waals surface area contributed by atoms with Gasteiger partial charge in [0.1, 0.15) is 5.78 Å². The highest BCUT2D eigenvalue weighted by molar-refractivity contribution is 5.83. The molecule has 2 unspecified atom stereocenters. The zero-order valence-electron chi connectivity index (χ0n) is 8.60. The maximum absolute atomic E-state index is 11.4. The molecule has 13 heavy (non-hydrogen) atoms. The maximum Gasteiger partial charge on any atom is 0.137 e. The van der Waals surface area contributed by atoms with Crippen molar-refractivity contribution in [1.82, 2.24) is 0 Å². The van der Waals surface area contributed by atoms with Crippen LogP contribution in [0.1, 0.15) is 46.0 Å². The first-order valence-electron chi connectivity index (χ1n) is 5.34. The lowest BCUT2D eigenvalue weighted by atomic mass is 9.60. The van der Waals surface area contributed by atoms with Crippen molar-refractivity contribution in [2.75, 3.05) is 0 Å². The number of allylic oxidation sites excluding steroid dienone is 2. The van der Waals surface area contributed by atoms with Crippen molar-refractivity contribution >= 4 is 5.78 Å². The van der Waals surface area contributed by atoms with Gasteiger partial charge >= 0.3 is 0 Å². The van der Waals surface area contributed by atoms with Crippen LogP contribution in [0, 0.1) is 11.3 Å². The minimum absolute atomic E-state index is 0.353. The molecule has 0 bridgehead atoms. The van der Waals surface area contributed by atoms with E-state index < -0.39 is 0 Å². The van der Waals surface area contributed by atoms with E-state index in [9.17, 15) is 4.79 Å². The Bertz CT molecular complexity index is 264. The van der Waals surface area contributed by atoms with Gasteiger partial charge in [0.25, 0.3) is 0 Å². The van der Waals surface area contributed by atoms with Crippen LogP contribution < -0.4 is 0 Å².